The zero-order chi connectivity index (χ0) is 25.5. The predicted molar refractivity (Wildman–Crippen MR) is 150 cm³/mol. The van der Waals surface area contributed by atoms with Crippen LogP contribution in [0.1, 0.15) is 27.9 Å². The molecule has 0 atom stereocenters. The lowest BCUT2D eigenvalue weighted by molar-refractivity contribution is 0.418. The third kappa shape index (κ3) is 6.64. The quantitative estimate of drug-likeness (QED) is 0.250. The molecule has 1 aromatic heterocycles. The minimum absolute atomic E-state index is 0.564. The van der Waals surface area contributed by atoms with E-state index in [1.807, 2.05) is 86.2 Å². The van der Waals surface area contributed by atoms with E-state index in [-0.39, 0.29) is 0 Å². The molecule has 5 nitrogen and oxygen atoms in total. The molecule has 0 amide bonds. The van der Waals surface area contributed by atoms with E-state index >= 15 is 0 Å². The van der Waals surface area contributed by atoms with Crippen LogP contribution in [-0.4, -0.2) is 26.1 Å². The van der Waals surface area contributed by atoms with Crippen molar-refractivity contribution < 1.29 is 0 Å². The normalized spacial score (nSPS) is 10.6. The second-order valence-electron chi connectivity index (χ2n) is 8.48. The van der Waals surface area contributed by atoms with Gasteiger partial charge in [0.25, 0.3) is 0 Å². The summed E-state index contributed by atoms with van der Waals surface area (Å²) in [5.74, 6) is 0. The number of nitrogens with zero attached hydrogens (tertiary/aromatic N) is 4. The maximum Gasteiger partial charge on any atom is 0.173 e. The summed E-state index contributed by atoms with van der Waals surface area (Å²) in [6.07, 6.45) is 4.45. The Morgan fingerprint density at radius 1 is 1.08 bits per heavy atom. The van der Waals surface area contributed by atoms with Gasteiger partial charge in [0, 0.05) is 53.7 Å². The minimum atomic E-state index is 0.564. The Morgan fingerprint density at radius 3 is 2.58 bits per heavy atom. The summed E-state index contributed by atoms with van der Waals surface area (Å²) in [5, 5.41) is 14.3. The van der Waals surface area contributed by atoms with E-state index in [9.17, 15) is 0 Å². The Morgan fingerprint density at radius 2 is 1.86 bits per heavy atom. The van der Waals surface area contributed by atoms with Gasteiger partial charge in [-0.1, -0.05) is 59.6 Å². The Hall–Kier alpha value is -3.37. The fraction of sp³-hybridized carbons (Fsp3) is 0.179. The van der Waals surface area contributed by atoms with Gasteiger partial charge in [-0.3, -0.25) is 0 Å². The molecule has 0 saturated carbocycles. The number of anilines is 1. The van der Waals surface area contributed by atoms with Gasteiger partial charge in [0.05, 0.1) is 18.0 Å². The van der Waals surface area contributed by atoms with Gasteiger partial charge in [-0.2, -0.15) is 5.26 Å². The molecule has 0 bridgehead atoms. The highest BCUT2D eigenvalue weighted by atomic mass is 35.5. The molecule has 0 spiro atoms. The van der Waals surface area contributed by atoms with Crippen LogP contribution in [0.2, 0.25) is 10.0 Å². The fourth-order valence-electron chi connectivity index (χ4n) is 3.79. The first-order chi connectivity index (χ1) is 17.4. The topological polar surface area (TPSA) is 56.9 Å². The molecular formula is C28H25Cl2N5S. The fourth-order valence-corrected chi connectivity index (χ4v) is 4.44. The van der Waals surface area contributed by atoms with Crippen molar-refractivity contribution in [3.05, 3.63) is 117 Å². The standard InChI is InChI=1S/C28H25Cl2N5S/c1-20-6-11-24(14-27(20)30)33-28(36)34(18-23-4-2-3-5-26(23)29)13-12-25-16-32-19-35(25)17-22-9-7-21(15-31)8-10-22/h2-11,14,16,19H,12-13,17-18H2,1H3,(H,33,36). The van der Waals surface area contributed by atoms with Gasteiger partial charge in [-0.25, -0.2) is 4.98 Å². The Kier molecular flexibility index (Phi) is 8.61. The third-order valence-electron chi connectivity index (χ3n) is 5.90. The molecule has 4 aromatic rings. The lowest BCUT2D eigenvalue weighted by atomic mass is 10.1. The molecule has 1 heterocycles. The van der Waals surface area contributed by atoms with Crippen LogP contribution in [0.3, 0.4) is 0 Å². The highest BCUT2D eigenvalue weighted by Gasteiger charge is 2.15. The van der Waals surface area contributed by atoms with E-state index in [2.05, 4.69) is 25.8 Å². The average molecular weight is 535 g/mol. The van der Waals surface area contributed by atoms with Crippen molar-refractivity contribution in [2.24, 2.45) is 0 Å². The van der Waals surface area contributed by atoms with E-state index in [4.69, 9.17) is 40.7 Å². The number of halogens is 2. The molecule has 3 aromatic carbocycles. The van der Waals surface area contributed by atoms with E-state index in [0.717, 1.165) is 34.5 Å². The molecule has 4 rings (SSSR count). The highest BCUT2D eigenvalue weighted by Crippen LogP contribution is 2.22. The monoisotopic (exact) mass is 533 g/mol. The van der Waals surface area contributed by atoms with Gasteiger partial charge in [0.15, 0.2) is 5.11 Å². The summed E-state index contributed by atoms with van der Waals surface area (Å²) in [6.45, 7) is 3.87. The number of imidazole rings is 1. The van der Waals surface area contributed by atoms with Crippen molar-refractivity contribution >= 4 is 46.2 Å². The second-order valence-corrected chi connectivity index (χ2v) is 9.68. The summed E-state index contributed by atoms with van der Waals surface area (Å²) < 4.78 is 2.12. The number of nitriles is 1. The van der Waals surface area contributed by atoms with E-state index < -0.39 is 0 Å². The SMILES string of the molecule is Cc1ccc(NC(=S)N(CCc2cncn2Cc2ccc(C#N)cc2)Cc2ccccc2Cl)cc1Cl. The number of thiocarbonyl (C=S) groups is 1. The number of hydrogen-bond donors (Lipinski definition) is 1. The average Bonchev–Trinajstić information content (AvgIpc) is 3.32. The lowest BCUT2D eigenvalue weighted by Gasteiger charge is -2.27. The van der Waals surface area contributed by atoms with Crippen LogP contribution < -0.4 is 5.32 Å². The molecule has 1 N–H and O–H groups in total. The summed E-state index contributed by atoms with van der Waals surface area (Å²) in [7, 11) is 0. The van der Waals surface area contributed by atoms with Crippen molar-refractivity contribution in [2.75, 3.05) is 11.9 Å². The van der Waals surface area contributed by atoms with Crippen LogP contribution in [0.5, 0.6) is 0 Å². The first kappa shape index (κ1) is 25.7. The molecule has 0 aliphatic carbocycles. The van der Waals surface area contributed by atoms with Crippen molar-refractivity contribution in [1.29, 1.82) is 5.26 Å². The van der Waals surface area contributed by atoms with Crippen molar-refractivity contribution in [3.63, 3.8) is 0 Å². The third-order valence-corrected chi connectivity index (χ3v) is 7.04. The molecule has 0 saturated heterocycles. The lowest BCUT2D eigenvalue weighted by Crippen LogP contribution is -2.36. The van der Waals surface area contributed by atoms with Crippen molar-refractivity contribution in [2.45, 2.75) is 26.4 Å². The molecule has 0 radical (unpaired) electrons. The summed E-state index contributed by atoms with van der Waals surface area (Å²) in [6, 6.07) is 23.4. The van der Waals surface area contributed by atoms with Gasteiger partial charge in [-0.15, -0.1) is 0 Å². The molecular weight excluding hydrogens is 509 g/mol. The van der Waals surface area contributed by atoms with Crippen LogP contribution in [0.25, 0.3) is 0 Å². The molecule has 8 heteroatoms. The van der Waals surface area contributed by atoms with Gasteiger partial charge < -0.3 is 14.8 Å². The minimum Gasteiger partial charge on any atom is -0.344 e. The van der Waals surface area contributed by atoms with Crippen LogP contribution in [-0.2, 0) is 19.5 Å². The highest BCUT2D eigenvalue weighted by molar-refractivity contribution is 7.80. The zero-order valence-electron chi connectivity index (χ0n) is 19.8. The van der Waals surface area contributed by atoms with E-state index in [1.165, 1.54) is 0 Å². The Bertz CT molecular complexity index is 1390. The molecule has 182 valence electrons. The van der Waals surface area contributed by atoms with Crippen LogP contribution in [0, 0.1) is 18.3 Å². The molecule has 0 fully saturated rings. The number of aryl methyl sites for hydroxylation is 1. The zero-order valence-corrected chi connectivity index (χ0v) is 22.1. The first-order valence-corrected chi connectivity index (χ1v) is 12.6. The predicted octanol–water partition coefficient (Wildman–Crippen LogP) is 6.86. The first-order valence-electron chi connectivity index (χ1n) is 11.5. The van der Waals surface area contributed by atoms with Crippen LogP contribution in [0.4, 0.5) is 5.69 Å². The van der Waals surface area contributed by atoms with Gasteiger partial charge in [0.2, 0.25) is 0 Å². The molecule has 0 aliphatic heterocycles. The Balaban J connectivity index is 1.50. The maximum atomic E-state index is 9.04. The van der Waals surface area contributed by atoms with Crippen LogP contribution in [0.15, 0.2) is 79.3 Å². The van der Waals surface area contributed by atoms with E-state index in [1.54, 1.807) is 0 Å². The second kappa shape index (κ2) is 12.0. The number of nitrogens with one attached hydrogen (secondary N) is 1. The summed E-state index contributed by atoms with van der Waals surface area (Å²) in [5.41, 5.74) is 5.69. The summed E-state index contributed by atoms with van der Waals surface area (Å²) >= 11 is 18.6. The number of rotatable bonds is 8. The van der Waals surface area contributed by atoms with Gasteiger partial charge in [-0.05, 0) is 66.2 Å². The number of aromatic nitrogens is 2. The number of benzene rings is 3. The smallest absolute Gasteiger partial charge is 0.173 e. The van der Waals surface area contributed by atoms with Gasteiger partial charge in [0.1, 0.15) is 0 Å². The molecule has 0 aliphatic rings. The van der Waals surface area contributed by atoms with Crippen LogP contribution >= 0.6 is 35.4 Å². The van der Waals surface area contributed by atoms with E-state index in [0.29, 0.717) is 40.4 Å². The Labute approximate surface area is 226 Å². The van der Waals surface area contributed by atoms with Crippen molar-refractivity contribution in [3.8, 4) is 6.07 Å². The summed E-state index contributed by atoms with van der Waals surface area (Å²) in [4.78, 5) is 6.47. The van der Waals surface area contributed by atoms with Gasteiger partial charge >= 0.3 is 0 Å². The maximum absolute atomic E-state index is 9.04. The van der Waals surface area contributed by atoms with Crippen molar-refractivity contribution in [1.82, 2.24) is 14.5 Å². The number of hydrogen-bond acceptors (Lipinski definition) is 3. The molecule has 36 heavy (non-hydrogen) atoms. The largest absolute Gasteiger partial charge is 0.344 e. The molecule has 0 unspecified atom stereocenters.